The minimum atomic E-state index is -0.156. The highest BCUT2D eigenvalue weighted by Gasteiger charge is 2.59. The number of ether oxygens (including phenoxy) is 2. The maximum atomic E-state index is 11.4. The number of rotatable bonds is 5. The third kappa shape index (κ3) is 3.44. The van der Waals surface area contributed by atoms with Crippen molar-refractivity contribution >= 4 is 12.3 Å². The van der Waals surface area contributed by atoms with Crippen molar-refractivity contribution in [3.63, 3.8) is 0 Å². The second-order valence-corrected chi connectivity index (χ2v) is 10.5. The third-order valence-electron chi connectivity index (χ3n) is 9.28. The Morgan fingerprint density at radius 3 is 2.67 bits per heavy atom. The molecule has 0 aromatic heterocycles. The molecule has 4 aliphatic carbocycles. The molecule has 3 fully saturated rings. The van der Waals surface area contributed by atoms with E-state index in [1.165, 1.54) is 31.8 Å². The Morgan fingerprint density at radius 2 is 1.97 bits per heavy atom. The number of hydrogen-bond donors (Lipinski definition) is 0. The van der Waals surface area contributed by atoms with Gasteiger partial charge in [0.1, 0.15) is 18.1 Å². The Kier molecular flexibility index (Phi) is 5.89. The lowest BCUT2D eigenvalue weighted by Gasteiger charge is -2.58. The molecule has 0 saturated heterocycles. The van der Waals surface area contributed by atoms with Gasteiger partial charge in [0, 0.05) is 25.3 Å². The number of hydrogen-bond acceptors (Lipinski definition) is 4. The molecule has 0 spiro atoms. The van der Waals surface area contributed by atoms with E-state index in [-0.39, 0.29) is 22.9 Å². The largest absolute Gasteiger partial charge is 0.498 e. The molecule has 0 bridgehead atoms. The predicted molar refractivity (Wildman–Crippen MR) is 117 cm³/mol. The molecule has 0 aromatic rings. The van der Waals surface area contributed by atoms with Gasteiger partial charge in [-0.15, -0.1) is 0 Å². The normalized spacial score (nSPS) is 43.0. The van der Waals surface area contributed by atoms with Crippen LogP contribution in [0.4, 0.5) is 0 Å². The first-order valence-corrected chi connectivity index (χ1v) is 12.0. The summed E-state index contributed by atoms with van der Waals surface area (Å²) in [5.74, 6) is 3.25. The van der Waals surface area contributed by atoms with E-state index in [4.69, 9.17) is 9.47 Å². The van der Waals surface area contributed by atoms with Crippen LogP contribution in [-0.2, 0) is 19.1 Å². The fourth-order valence-electron chi connectivity index (χ4n) is 7.93. The Balaban J connectivity index is 1.57. The van der Waals surface area contributed by atoms with Gasteiger partial charge >= 0.3 is 5.97 Å². The fourth-order valence-corrected chi connectivity index (χ4v) is 7.93. The highest BCUT2D eigenvalue weighted by molar-refractivity contribution is 5.66. The molecule has 0 radical (unpaired) electrons. The van der Waals surface area contributed by atoms with Gasteiger partial charge in [0.15, 0.2) is 0 Å². The molecule has 0 aliphatic heterocycles. The fraction of sp³-hybridized carbons (Fsp3) is 0.769. The number of fused-ring (bicyclic) bond motifs is 5. The van der Waals surface area contributed by atoms with E-state index in [0.717, 1.165) is 50.1 Å². The van der Waals surface area contributed by atoms with Crippen LogP contribution in [0.15, 0.2) is 23.5 Å². The molecule has 4 heteroatoms. The number of allylic oxidation sites excluding steroid dienone is 3. The van der Waals surface area contributed by atoms with Crippen molar-refractivity contribution in [2.75, 3.05) is 6.61 Å². The molecule has 0 amide bonds. The van der Waals surface area contributed by atoms with Crippen LogP contribution in [0.3, 0.4) is 0 Å². The van der Waals surface area contributed by atoms with Crippen LogP contribution in [-0.4, -0.2) is 25.0 Å². The van der Waals surface area contributed by atoms with Crippen LogP contribution >= 0.6 is 0 Å². The van der Waals surface area contributed by atoms with Gasteiger partial charge in [0.25, 0.3) is 0 Å². The molecule has 166 valence electrons. The number of aldehydes is 1. The van der Waals surface area contributed by atoms with E-state index in [9.17, 15) is 9.59 Å². The molecule has 30 heavy (non-hydrogen) atoms. The zero-order valence-corrected chi connectivity index (χ0v) is 19.1. The monoisotopic (exact) mass is 414 g/mol. The van der Waals surface area contributed by atoms with Crippen LogP contribution in [0.1, 0.15) is 79.1 Å². The van der Waals surface area contributed by atoms with Gasteiger partial charge in [-0.25, -0.2) is 0 Å². The maximum Gasteiger partial charge on any atom is 0.302 e. The predicted octanol–water partition coefficient (Wildman–Crippen LogP) is 5.62. The van der Waals surface area contributed by atoms with Crippen LogP contribution in [0.5, 0.6) is 0 Å². The van der Waals surface area contributed by atoms with Crippen molar-refractivity contribution in [3.05, 3.63) is 23.5 Å². The zero-order valence-electron chi connectivity index (χ0n) is 19.1. The van der Waals surface area contributed by atoms with E-state index in [1.54, 1.807) is 6.08 Å². The molecule has 4 nitrogen and oxygen atoms in total. The van der Waals surface area contributed by atoms with Crippen molar-refractivity contribution in [1.29, 1.82) is 0 Å². The zero-order chi connectivity index (χ0) is 21.5. The van der Waals surface area contributed by atoms with E-state index >= 15 is 0 Å². The lowest BCUT2D eigenvalue weighted by Crippen LogP contribution is -2.50. The summed E-state index contributed by atoms with van der Waals surface area (Å²) >= 11 is 0. The summed E-state index contributed by atoms with van der Waals surface area (Å²) in [6.07, 6.45) is 14.1. The summed E-state index contributed by atoms with van der Waals surface area (Å²) in [7, 11) is 0. The Hall–Kier alpha value is -1.58. The highest BCUT2D eigenvalue weighted by atomic mass is 16.5. The SMILES string of the molecule is CCO/C(=C\C=O)C1CCC2C3CC=C4CC(OC(C)=O)CCC4(C)C3CCC12C. The summed E-state index contributed by atoms with van der Waals surface area (Å²) in [6.45, 7) is 9.09. The summed E-state index contributed by atoms with van der Waals surface area (Å²) in [4.78, 5) is 22.7. The highest BCUT2D eigenvalue weighted by Crippen LogP contribution is 2.67. The molecular weight excluding hydrogens is 376 g/mol. The van der Waals surface area contributed by atoms with Crippen molar-refractivity contribution in [3.8, 4) is 0 Å². The molecule has 0 heterocycles. The molecular formula is C26H38O4. The summed E-state index contributed by atoms with van der Waals surface area (Å²) in [5.41, 5.74) is 2.01. The lowest BCUT2D eigenvalue weighted by atomic mass is 9.47. The Morgan fingerprint density at radius 1 is 1.17 bits per heavy atom. The van der Waals surface area contributed by atoms with Crippen molar-refractivity contribution in [2.24, 2.45) is 34.5 Å². The van der Waals surface area contributed by atoms with Crippen LogP contribution in [0.25, 0.3) is 0 Å². The molecule has 0 N–H and O–H groups in total. The van der Waals surface area contributed by atoms with Crippen molar-refractivity contribution in [2.45, 2.75) is 85.2 Å². The quantitative estimate of drug-likeness (QED) is 0.193. The first-order valence-electron chi connectivity index (χ1n) is 12.0. The van der Waals surface area contributed by atoms with Gasteiger partial charge in [-0.05, 0) is 80.5 Å². The van der Waals surface area contributed by atoms with Crippen molar-refractivity contribution in [1.82, 2.24) is 0 Å². The maximum absolute atomic E-state index is 11.4. The Labute approximate surface area is 181 Å². The summed E-state index contributed by atoms with van der Waals surface area (Å²) < 4.78 is 11.5. The smallest absolute Gasteiger partial charge is 0.302 e. The average molecular weight is 415 g/mol. The Bertz CT molecular complexity index is 752. The van der Waals surface area contributed by atoms with Gasteiger partial charge < -0.3 is 9.47 Å². The second-order valence-electron chi connectivity index (χ2n) is 10.5. The first-order chi connectivity index (χ1) is 14.3. The minimum absolute atomic E-state index is 0.0605. The molecule has 4 aliphatic rings. The molecule has 4 rings (SSSR count). The van der Waals surface area contributed by atoms with Crippen LogP contribution < -0.4 is 0 Å². The summed E-state index contributed by atoms with van der Waals surface area (Å²) in [6, 6.07) is 0. The standard InChI is InChI=1S/C26H38O4/c1-5-29-24(12-15-27)23-9-8-21-20-7-6-18-16-19(30-17(2)28)10-13-25(18,3)22(20)11-14-26(21,23)4/h6,12,15,19-23H,5,7-11,13-14,16H2,1-4H3/b24-12-. The van der Waals surface area contributed by atoms with Gasteiger partial charge in [-0.2, -0.15) is 0 Å². The topological polar surface area (TPSA) is 52.6 Å². The molecule has 0 aromatic carbocycles. The molecule has 7 atom stereocenters. The van der Waals surface area contributed by atoms with E-state index < -0.39 is 0 Å². The number of carbonyl (C=O) groups excluding carboxylic acids is 2. The minimum Gasteiger partial charge on any atom is -0.498 e. The summed E-state index contributed by atoms with van der Waals surface area (Å²) in [5, 5.41) is 0. The number of esters is 1. The van der Waals surface area contributed by atoms with E-state index in [2.05, 4.69) is 19.9 Å². The van der Waals surface area contributed by atoms with E-state index in [0.29, 0.717) is 24.4 Å². The van der Waals surface area contributed by atoms with Gasteiger partial charge in [0.2, 0.25) is 0 Å². The van der Waals surface area contributed by atoms with Crippen LogP contribution in [0, 0.1) is 34.5 Å². The third-order valence-corrected chi connectivity index (χ3v) is 9.28. The average Bonchev–Trinajstić information content (AvgIpc) is 3.05. The molecule has 3 saturated carbocycles. The number of carbonyl (C=O) groups is 2. The molecule has 7 unspecified atom stereocenters. The van der Waals surface area contributed by atoms with Crippen molar-refractivity contribution < 1.29 is 19.1 Å². The second kappa shape index (κ2) is 8.16. The van der Waals surface area contributed by atoms with Crippen LogP contribution in [0.2, 0.25) is 0 Å². The van der Waals surface area contributed by atoms with Gasteiger partial charge in [-0.1, -0.05) is 25.5 Å². The van der Waals surface area contributed by atoms with E-state index in [1.807, 2.05) is 6.92 Å². The lowest BCUT2D eigenvalue weighted by molar-refractivity contribution is -0.148. The van der Waals surface area contributed by atoms with Gasteiger partial charge in [-0.3, -0.25) is 9.59 Å². The first kappa shape index (κ1) is 21.6. The van der Waals surface area contributed by atoms with Gasteiger partial charge in [0.05, 0.1) is 6.61 Å².